The van der Waals surface area contributed by atoms with Gasteiger partial charge >= 0.3 is 5.97 Å². The van der Waals surface area contributed by atoms with E-state index < -0.39 is 6.04 Å². The second-order valence-corrected chi connectivity index (χ2v) is 5.70. The van der Waals surface area contributed by atoms with Crippen molar-refractivity contribution in [1.29, 1.82) is 0 Å². The van der Waals surface area contributed by atoms with Gasteiger partial charge in [0.15, 0.2) is 0 Å². The number of esters is 1. The van der Waals surface area contributed by atoms with Crippen LogP contribution < -0.4 is 15.2 Å². The van der Waals surface area contributed by atoms with E-state index in [4.69, 9.17) is 19.9 Å². The van der Waals surface area contributed by atoms with E-state index in [1.165, 1.54) is 7.11 Å². The average molecular weight is 323 g/mol. The monoisotopic (exact) mass is 323 g/mol. The van der Waals surface area contributed by atoms with Gasteiger partial charge in [-0.25, -0.2) is 0 Å². The lowest BCUT2D eigenvalue weighted by atomic mass is 9.84. The van der Waals surface area contributed by atoms with Crippen molar-refractivity contribution in [3.05, 3.63) is 23.8 Å². The molecule has 0 spiro atoms. The summed E-state index contributed by atoms with van der Waals surface area (Å²) >= 11 is 0. The van der Waals surface area contributed by atoms with Crippen LogP contribution in [0.3, 0.4) is 0 Å². The van der Waals surface area contributed by atoms with Gasteiger partial charge in [-0.05, 0) is 50.3 Å². The van der Waals surface area contributed by atoms with Gasteiger partial charge in [-0.1, -0.05) is 13.8 Å². The zero-order valence-corrected chi connectivity index (χ0v) is 14.8. The maximum absolute atomic E-state index is 11.5. The molecular weight excluding hydrogens is 294 g/mol. The molecule has 5 heteroatoms. The summed E-state index contributed by atoms with van der Waals surface area (Å²) in [6.07, 6.45) is 0.554. The third-order valence-corrected chi connectivity index (χ3v) is 4.07. The van der Waals surface area contributed by atoms with Crippen LogP contribution in [-0.2, 0) is 9.53 Å². The summed E-state index contributed by atoms with van der Waals surface area (Å²) in [5, 5.41) is 0. The van der Waals surface area contributed by atoms with Gasteiger partial charge in [0.1, 0.15) is 17.5 Å². The predicted octanol–water partition coefficient (Wildman–Crippen LogP) is 3.11. The number of carbonyl (C=O) groups is 1. The number of benzene rings is 1. The van der Waals surface area contributed by atoms with Crippen LogP contribution >= 0.6 is 0 Å². The molecular formula is C18H29NO4. The molecule has 0 aliphatic rings. The number of hydrogen-bond acceptors (Lipinski definition) is 5. The Balaban J connectivity index is 2.96. The number of methoxy groups -OCH3 is 1. The van der Waals surface area contributed by atoms with Crippen LogP contribution in [-0.4, -0.2) is 32.3 Å². The fraction of sp³-hybridized carbons (Fsp3) is 0.611. The average Bonchev–Trinajstić information content (AvgIpc) is 2.55. The molecule has 3 atom stereocenters. The summed E-state index contributed by atoms with van der Waals surface area (Å²) in [4.78, 5) is 11.5. The molecule has 23 heavy (non-hydrogen) atoms. The molecule has 3 unspecified atom stereocenters. The summed E-state index contributed by atoms with van der Waals surface area (Å²) < 4.78 is 16.0. The molecule has 130 valence electrons. The topological polar surface area (TPSA) is 70.8 Å². The number of hydrogen-bond donors (Lipinski definition) is 1. The van der Waals surface area contributed by atoms with Crippen molar-refractivity contribution in [1.82, 2.24) is 0 Å². The maximum atomic E-state index is 11.5. The largest absolute Gasteiger partial charge is 0.494 e. The van der Waals surface area contributed by atoms with Crippen molar-refractivity contribution in [3.63, 3.8) is 0 Å². The molecule has 1 aromatic rings. The minimum absolute atomic E-state index is 0.174. The minimum atomic E-state index is -0.608. The van der Waals surface area contributed by atoms with Crippen molar-refractivity contribution in [2.24, 2.45) is 11.7 Å². The van der Waals surface area contributed by atoms with E-state index in [0.29, 0.717) is 19.6 Å². The standard InChI is InChI=1S/C18H29NO4/c1-6-22-14-8-9-17(23-7-2)15(11-14)13(4)12(3)10-16(19)18(20)21-5/h8-9,11-13,16H,6-7,10,19H2,1-5H3. The molecule has 0 heterocycles. The zero-order valence-electron chi connectivity index (χ0n) is 14.8. The van der Waals surface area contributed by atoms with Gasteiger partial charge in [-0.15, -0.1) is 0 Å². The highest BCUT2D eigenvalue weighted by molar-refractivity contribution is 5.75. The third-order valence-electron chi connectivity index (χ3n) is 4.07. The van der Waals surface area contributed by atoms with E-state index >= 15 is 0 Å². The summed E-state index contributed by atoms with van der Waals surface area (Å²) in [5.74, 6) is 1.66. The molecule has 0 bridgehead atoms. The lowest BCUT2D eigenvalue weighted by molar-refractivity contribution is -0.142. The summed E-state index contributed by atoms with van der Waals surface area (Å²) in [7, 11) is 1.36. The van der Waals surface area contributed by atoms with Gasteiger partial charge in [0.2, 0.25) is 0 Å². The molecule has 5 nitrogen and oxygen atoms in total. The first-order chi connectivity index (χ1) is 10.9. The Hall–Kier alpha value is -1.75. The summed E-state index contributed by atoms with van der Waals surface area (Å²) in [6, 6.07) is 5.25. The van der Waals surface area contributed by atoms with Crippen molar-refractivity contribution in [2.45, 2.75) is 46.1 Å². The van der Waals surface area contributed by atoms with E-state index in [-0.39, 0.29) is 17.8 Å². The second-order valence-electron chi connectivity index (χ2n) is 5.70. The third kappa shape index (κ3) is 5.43. The molecule has 0 saturated heterocycles. The smallest absolute Gasteiger partial charge is 0.322 e. The van der Waals surface area contributed by atoms with E-state index in [0.717, 1.165) is 17.1 Å². The quantitative estimate of drug-likeness (QED) is 0.707. The Morgan fingerprint density at radius 1 is 1.17 bits per heavy atom. The first kappa shape index (κ1) is 19.3. The Bertz CT molecular complexity index is 504. The van der Waals surface area contributed by atoms with Crippen molar-refractivity contribution in [3.8, 4) is 11.5 Å². The van der Waals surface area contributed by atoms with Crippen LogP contribution in [0.5, 0.6) is 11.5 Å². The number of rotatable bonds is 9. The Morgan fingerprint density at radius 2 is 1.83 bits per heavy atom. The lowest BCUT2D eigenvalue weighted by Gasteiger charge is -2.25. The van der Waals surface area contributed by atoms with E-state index in [2.05, 4.69) is 13.8 Å². The second kappa shape index (κ2) is 9.40. The van der Waals surface area contributed by atoms with Gasteiger partial charge in [-0.2, -0.15) is 0 Å². The SMILES string of the molecule is CCOc1ccc(OCC)c(C(C)C(C)CC(N)C(=O)OC)c1. The van der Waals surface area contributed by atoms with Crippen LogP contribution in [0.25, 0.3) is 0 Å². The van der Waals surface area contributed by atoms with Crippen LogP contribution in [0.4, 0.5) is 0 Å². The fourth-order valence-electron chi connectivity index (χ4n) is 2.58. The first-order valence-corrected chi connectivity index (χ1v) is 8.17. The first-order valence-electron chi connectivity index (χ1n) is 8.17. The Kier molecular flexibility index (Phi) is 7.89. The van der Waals surface area contributed by atoms with E-state index in [1.807, 2.05) is 32.0 Å². The summed E-state index contributed by atoms with van der Waals surface area (Å²) in [5.41, 5.74) is 6.96. The molecule has 0 aliphatic carbocycles. The van der Waals surface area contributed by atoms with Crippen molar-refractivity contribution < 1.29 is 19.0 Å². The molecule has 0 fully saturated rings. The number of ether oxygens (including phenoxy) is 3. The molecule has 2 N–H and O–H groups in total. The van der Waals surface area contributed by atoms with E-state index in [1.54, 1.807) is 0 Å². The Labute approximate surface area is 139 Å². The van der Waals surface area contributed by atoms with Crippen LogP contribution in [0.2, 0.25) is 0 Å². The summed E-state index contributed by atoms with van der Waals surface area (Å²) in [6.45, 7) is 9.33. The molecule has 0 radical (unpaired) electrons. The predicted molar refractivity (Wildman–Crippen MR) is 91.0 cm³/mol. The zero-order chi connectivity index (χ0) is 17.4. The van der Waals surface area contributed by atoms with Crippen LogP contribution in [0.15, 0.2) is 18.2 Å². The fourth-order valence-corrected chi connectivity index (χ4v) is 2.58. The number of carbonyl (C=O) groups excluding carboxylic acids is 1. The Morgan fingerprint density at radius 3 is 2.39 bits per heavy atom. The normalized spacial score (nSPS) is 14.7. The van der Waals surface area contributed by atoms with Crippen molar-refractivity contribution in [2.75, 3.05) is 20.3 Å². The highest BCUT2D eigenvalue weighted by Crippen LogP contribution is 2.36. The van der Waals surface area contributed by atoms with Crippen LogP contribution in [0.1, 0.15) is 45.6 Å². The molecule has 0 aliphatic heterocycles. The molecule has 1 rings (SSSR count). The maximum Gasteiger partial charge on any atom is 0.322 e. The van der Waals surface area contributed by atoms with Gasteiger partial charge < -0.3 is 19.9 Å². The van der Waals surface area contributed by atoms with E-state index in [9.17, 15) is 4.79 Å². The molecule has 0 amide bonds. The van der Waals surface area contributed by atoms with Gasteiger partial charge in [0.05, 0.1) is 20.3 Å². The molecule has 1 aromatic carbocycles. The minimum Gasteiger partial charge on any atom is -0.494 e. The number of nitrogens with two attached hydrogens (primary N) is 1. The van der Waals surface area contributed by atoms with Gasteiger partial charge in [-0.3, -0.25) is 4.79 Å². The van der Waals surface area contributed by atoms with Gasteiger partial charge in [0, 0.05) is 5.56 Å². The molecule has 0 aromatic heterocycles. The van der Waals surface area contributed by atoms with Crippen molar-refractivity contribution >= 4 is 5.97 Å². The lowest BCUT2D eigenvalue weighted by Crippen LogP contribution is -2.34. The van der Waals surface area contributed by atoms with Crippen LogP contribution in [0, 0.1) is 5.92 Å². The highest BCUT2D eigenvalue weighted by atomic mass is 16.5. The van der Waals surface area contributed by atoms with Gasteiger partial charge in [0.25, 0.3) is 0 Å². The highest BCUT2D eigenvalue weighted by Gasteiger charge is 2.24. The molecule has 0 saturated carbocycles.